The molecule has 2 amide bonds. The van der Waals surface area contributed by atoms with E-state index in [1.165, 1.54) is 12.3 Å². The highest BCUT2D eigenvalue weighted by molar-refractivity contribution is 6.00. The number of benzene rings is 2. The molecule has 0 unspecified atom stereocenters. The lowest BCUT2D eigenvalue weighted by atomic mass is 9.74. The first-order chi connectivity index (χ1) is 14.6. The van der Waals surface area contributed by atoms with Gasteiger partial charge in [-0.1, -0.05) is 12.1 Å². The van der Waals surface area contributed by atoms with Gasteiger partial charge in [0, 0.05) is 42.5 Å². The van der Waals surface area contributed by atoms with E-state index >= 15 is 0 Å². The first kappa shape index (κ1) is 21.4. The third-order valence-corrected chi connectivity index (χ3v) is 5.40. The third-order valence-electron chi connectivity index (χ3n) is 5.40. The van der Waals surface area contributed by atoms with Crippen LogP contribution in [0.25, 0.3) is 0 Å². The predicted molar refractivity (Wildman–Crippen MR) is 115 cm³/mol. The van der Waals surface area contributed by atoms with E-state index in [2.05, 4.69) is 22.8 Å². The van der Waals surface area contributed by atoms with E-state index < -0.39 is 0 Å². The van der Waals surface area contributed by atoms with Gasteiger partial charge in [0.15, 0.2) is 0 Å². The molecule has 1 aliphatic heterocycles. The van der Waals surface area contributed by atoms with Crippen molar-refractivity contribution in [3.05, 3.63) is 71.9 Å². The van der Waals surface area contributed by atoms with Crippen molar-refractivity contribution in [1.82, 2.24) is 5.32 Å². The van der Waals surface area contributed by atoms with Crippen molar-refractivity contribution in [2.24, 2.45) is 5.73 Å². The number of ether oxygens (including phenoxy) is 2. The van der Waals surface area contributed by atoms with Crippen molar-refractivity contribution in [2.75, 3.05) is 32.2 Å². The van der Waals surface area contributed by atoms with Crippen molar-refractivity contribution < 1.29 is 19.1 Å². The summed E-state index contributed by atoms with van der Waals surface area (Å²) in [6.45, 7) is 1.84. The van der Waals surface area contributed by atoms with Gasteiger partial charge in [0.2, 0.25) is 5.91 Å². The highest BCUT2D eigenvalue weighted by Crippen LogP contribution is 2.35. The van der Waals surface area contributed by atoms with Crippen molar-refractivity contribution >= 4 is 17.5 Å². The molecule has 3 rings (SSSR count). The summed E-state index contributed by atoms with van der Waals surface area (Å²) < 4.78 is 10.8. The van der Waals surface area contributed by atoms with Crippen LogP contribution < -0.4 is 21.1 Å². The number of rotatable bonds is 7. The summed E-state index contributed by atoms with van der Waals surface area (Å²) in [6.07, 6.45) is 4.07. The molecule has 1 fully saturated rings. The molecule has 7 nitrogen and oxygen atoms in total. The van der Waals surface area contributed by atoms with Gasteiger partial charge in [0.1, 0.15) is 5.75 Å². The zero-order valence-corrected chi connectivity index (χ0v) is 17.0. The van der Waals surface area contributed by atoms with Crippen molar-refractivity contribution in [3.63, 3.8) is 0 Å². The summed E-state index contributed by atoms with van der Waals surface area (Å²) >= 11 is 0. The van der Waals surface area contributed by atoms with Gasteiger partial charge in [-0.25, -0.2) is 0 Å². The van der Waals surface area contributed by atoms with Crippen LogP contribution >= 0.6 is 0 Å². The molecule has 4 N–H and O–H groups in total. The first-order valence-corrected chi connectivity index (χ1v) is 9.86. The molecule has 0 atom stereocenters. The smallest absolute Gasteiger partial charge is 0.251 e. The maximum atomic E-state index is 12.7. The van der Waals surface area contributed by atoms with E-state index in [9.17, 15) is 9.59 Å². The second-order valence-corrected chi connectivity index (χ2v) is 7.23. The van der Waals surface area contributed by atoms with E-state index in [0.717, 1.165) is 24.2 Å². The van der Waals surface area contributed by atoms with Crippen LogP contribution in [-0.2, 0) is 14.9 Å². The zero-order chi connectivity index (χ0) is 21.4. The number of carbonyl (C=O) groups is 2. The average molecular weight is 409 g/mol. The quantitative estimate of drug-likeness (QED) is 0.610. The largest absolute Gasteiger partial charge is 0.497 e. The van der Waals surface area contributed by atoms with E-state index in [1.54, 1.807) is 31.4 Å². The summed E-state index contributed by atoms with van der Waals surface area (Å²) in [6, 6.07) is 14.7. The lowest BCUT2D eigenvalue weighted by molar-refractivity contribution is -0.111. The molecule has 7 heteroatoms. The minimum Gasteiger partial charge on any atom is -0.497 e. The Morgan fingerprint density at radius 1 is 1.10 bits per heavy atom. The molecule has 0 aromatic heterocycles. The van der Waals surface area contributed by atoms with E-state index in [4.69, 9.17) is 15.2 Å². The maximum Gasteiger partial charge on any atom is 0.251 e. The number of carbonyl (C=O) groups excluding carboxylic acids is 2. The molecule has 1 aliphatic rings. The van der Waals surface area contributed by atoms with Crippen LogP contribution in [0, 0.1) is 0 Å². The fourth-order valence-corrected chi connectivity index (χ4v) is 3.60. The van der Waals surface area contributed by atoms with Crippen LogP contribution in [0.3, 0.4) is 0 Å². The summed E-state index contributed by atoms with van der Waals surface area (Å²) in [5, 5.41) is 5.74. The molecule has 2 aromatic rings. The first-order valence-electron chi connectivity index (χ1n) is 9.86. The van der Waals surface area contributed by atoms with Gasteiger partial charge in [0.05, 0.1) is 7.11 Å². The van der Waals surface area contributed by atoms with Gasteiger partial charge < -0.3 is 25.8 Å². The van der Waals surface area contributed by atoms with Gasteiger partial charge >= 0.3 is 0 Å². The molecule has 0 saturated carbocycles. The second-order valence-electron chi connectivity index (χ2n) is 7.23. The van der Waals surface area contributed by atoms with Gasteiger partial charge in [-0.05, 0) is 61.0 Å². The van der Waals surface area contributed by atoms with Crippen molar-refractivity contribution in [2.45, 2.75) is 18.3 Å². The molecule has 158 valence electrons. The standard InChI is InChI=1S/C23H27N3O4/c1-29-20-8-4-18(5-9-20)23(11-14-30-15-12-23)16-25-22(28)17-2-6-19(7-3-17)26-21(27)10-13-24/h2-10,13H,11-12,14-16,24H2,1H3,(H,25,28)(H,26,27). The number of amides is 2. The third kappa shape index (κ3) is 5.18. The molecule has 1 saturated heterocycles. The number of hydrogen-bond donors (Lipinski definition) is 3. The Hall–Kier alpha value is -3.32. The van der Waals surface area contributed by atoms with Crippen LogP contribution in [0.2, 0.25) is 0 Å². The molecule has 30 heavy (non-hydrogen) atoms. The SMILES string of the molecule is COc1ccc(C2(CNC(=O)c3ccc(NC(=O)C=CN)cc3)CCOCC2)cc1. The van der Waals surface area contributed by atoms with E-state index in [-0.39, 0.29) is 17.2 Å². The number of nitrogens with one attached hydrogen (secondary N) is 2. The van der Waals surface area contributed by atoms with Crippen molar-refractivity contribution in [3.8, 4) is 5.75 Å². The van der Waals surface area contributed by atoms with E-state index in [0.29, 0.717) is 31.0 Å². The Balaban J connectivity index is 1.67. The number of nitrogens with two attached hydrogens (primary N) is 1. The Labute approximate surface area is 176 Å². The topological polar surface area (TPSA) is 103 Å². The fourth-order valence-electron chi connectivity index (χ4n) is 3.60. The molecular weight excluding hydrogens is 382 g/mol. The van der Waals surface area contributed by atoms with E-state index in [1.807, 2.05) is 12.1 Å². The Morgan fingerprint density at radius 3 is 2.37 bits per heavy atom. The highest BCUT2D eigenvalue weighted by atomic mass is 16.5. The zero-order valence-electron chi connectivity index (χ0n) is 17.0. The molecule has 0 bridgehead atoms. The van der Waals surface area contributed by atoms with Gasteiger partial charge in [-0.2, -0.15) is 0 Å². The van der Waals surface area contributed by atoms with Crippen LogP contribution in [-0.4, -0.2) is 38.7 Å². The molecule has 1 heterocycles. The van der Waals surface area contributed by atoms with Gasteiger partial charge in [-0.3, -0.25) is 9.59 Å². The summed E-state index contributed by atoms with van der Waals surface area (Å²) in [7, 11) is 1.64. The molecular formula is C23H27N3O4. The Bertz CT molecular complexity index is 886. The van der Waals surface area contributed by atoms with Crippen LogP contribution in [0.4, 0.5) is 5.69 Å². The van der Waals surface area contributed by atoms with Crippen LogP contribution in [0.15, 0.2) is 60.8 Å². The second kappa shape index (κ2) is 9.93. The fraction of sp³-hybridized carbons (Fsp3) is 0.304. The van der Waals surface area contributed by atoms with Crippen molar-refractivity contribution in [1.29, 1.82) is 0 Å². The summed E-state index contributed by atoms with van der Waals surface area (Å²) in [5.74, 6) is 0.323. The van der Waals surface area contributed by atoms with Crippen LogP contribution in [0.1, 0.15) is 28.8 Å². The number of methoxy groups -OCH3 is 1. The normalized spacial score (nSPS) is 15.5. The molecule has 0 radical (unpaired) electrons. The highest BCUT2D eigenvalue weighted by Gasteiger charge is 2.35. The lowest BCUT2D eigenvalue weighted by Gasteiger charge is -2.38. The predicted octanol–water partition coefficient (Wildman–Crippen LogP) is 2.58. The minimum absolute atomic E-state index is 0.158. The average Bonchev–Trinajstić information content (AvgIpc) is 2.79. The molecule has 0 spiro atoms. The lowest BCUT2D eigenvalue weighted by Crippen LogP contribution is -2.44. The minimum atomic E-state index is -0.323. The molecule has 0 aliphatic carbocycles. The molecule has 2 aromatic carbocycles. The Kier molecular flexibility index (Phi) is 7.08. The summed E-state index contributed by atoms with van der Waals surface area (Å²) in [5.41, 5.74) is 7.31. The maximum absolute atomic E-state index is 12.7. The summed E-state index contributed by atoms with van der Waals surface area (Å²) in [4.78, 5) is 24.3. The monoisotopic (exact) mass is 409 g/mol. The van der Waals surface area contributed by atoms with Gasteiger partial charge in [-0.15, -0.1) is 0 Å². The van der Waals surface area contributed by atoms with Crippen LogP contribution in [0.5, 0.6) is 5.75 Å². The number of hydrogen-bond acceptors (Lipinski definition) is 5. The number of anilines is 1. The Morgan fingerprint density at radius 2 is 1.77 bits per heavy atom. The van der Waals surface area contributed by atoms with Gasteiger partial charge in [0.25, 0.3) is 5.91 Å².